The molecule has 4 N–H and O–H groups in total. The van der Waals surface area contributed by atoms with Crippen molar-refractivity contribution < 1.29 is 4.79 Å². The molecule has 24 heavy (non-hydrogen) atoms. The number of hydrogen-bond donors (Lipinski definition) is 3. The Kier molecular flexibility index (Phi) is 3.78. The van der Waals surface area contributed by atoms with Crippen molar-refractivity contribution >= 4 is 39.0 Å². The van der Waals surface area contributed by atoms with Crippen LogP contribution in [0.3, 0.4) is 0 Å². The van der Waals surface area contributed by atoms with Crippen molar-refractivity contribution in [3.8, 4) is 0 Å². The maximum Gasteiger partial charge on any atom is 0.269 e. The highest BCUT2D eigenvalue weighted by atomic mass is 32.1. The lowest BCUT2D eigenvalue weighted by Crippen LogP contribution is -2.30. The molecule has 0 unspecified atom stereocenters. The number of hydrogen-bond acceptors (Lipinski definition) is 6. The van der Waals surface area contributed by atoms with Crippen molar-refractivity contribution in [1.29, 1.82) is 0 Å². The van der Waals surface area contributed by atoms with Crippen LogP contribution in [-0.4, -0.2) is 15.9 Å². The second-order valence-corrected chi connectivity index (χ2v) is 6.90. The second kappa shape index (κ2) is 6.09. The van der Waals surface area contributed by atoms with Gasteiger partial charge in [-0.15, -0.1) is 11.3 Å². The second-order valence-electron chi connectivity index (χ2n) is 5.81. The van der Waals surface area contributed by atoms with Crippen LogP contribution in [0.1, 0.15) is 33.6 Å². The molecule has 0 saturated heterocycles. The van der Waals surface area contributed by atoms with Gasteiger partial charge in [0, 0.05) is 16.1 Å². The van der Waals surface area contributed by atoms with Crippen LogP contribution in [0.4, 0.5) is 11.5 Å². The van der Waals surface area contributed by atoms with E-state index in [9.17, 15) is 4.79 Å². The van der Waals surface area contributed by atoms with E-state index in [0.29, 0.717) is 17.1 Å². The van der Waals surface area contributed by atoms with Crippen LogP contribution < -0.4 is 16.6 Å². The van der Waals surface area contributed by atoms with Crippen LogP contribution in [0.25, 0.3) is 10.2 Å². The molecule has 2 heterocycles. The van der Waals surface area contributed by atoms with E-state index in [1.54, 1.807) is 35.6 Å². The molecule has 1 aliphatic carbocycles. The summed E-state index contributed by atoms with van der Waals surface area (Å²) in [5.74, 6) is 0.425. The Bertz CT molecular complexity index is 903. The number of thiophene rings is 1. The van der Waals surface area contributed by atoms with Gasteiger partial charge in [0.15, 0.2) is 5.82 Å². The first-order valence-electron chi connectivity index (χ1n) is 7.89. The summed E-state index contributed by atoms with van der Waals surface area (Å²) in [4.78, 5) is 23.3. The van der Waals surface area contributed by atoms with Crippen LogP contribution in [0.15, 0.2) is 30.6 Å². The number of nitrogen functional groups attached to an aromatic ring is 1. The van der Waals surface area contributed by atoms with Crippen LogP contribution in [0.5, 0.6) is 0 Å². The molecule has 2 aromatic heterocycles. The van der Waals surface area contributed by atoms with Crippen molar-refractivity contribution in [3.05, 3.63) is 46.6 Å². The molecule has 0 aliphatic heterocycles. The number of benzene rings is 1. The molecule has 3 aromatic rings. The standard InChI is InChI=1S/C17H17N5OS/c18-11-7-5-10(6-8-11)16(23)22-21-15-14-12-3-1-2-4-13(12)24-17(14)20-9-19-15/h5-9H,1-4,18H2,(H,22,23)(H,19,20,21). The lowest BCUT2D eigenvalue weighted by molar-refractivity contribution is 0.0962. The maximum absolute atomic E-state index is 12.2. The smallest absolute Gasteiger partial charge is 0.269 e. The van der Waals surface area contributed by atoms with Gasteiger partial charge < -0.3 is 5.73 Å². The summed E-state index contributed by atoms with van der Waals surface area (Å²) < 4.78 is 0. The highest BCUT2D eigenvalue weighted by Gasteiger charge is 2.20. The van der Waals surface area contributed by atoms with Crippen molar-refractivity contribution in [2.24, 2.45) is 0 Å². The lowest BCUT2D eigenvalue weighted by atomic mass is 9.97. The van der Waals surface area contributed by atoms with Crippen molar-refractivity contribution in [1.82, 2.24) is 15.4 Å². The van der Waals surface area contributed by atoms with Crippen LogP contribution in [-0.2, 0) is 12.8 Å². The summed E-state index contributed by atoms with van der Waals surface area (Å²) in [5, 5.41) is 1.04. The number of anilines is 2. The molecule has 7 heteroatoms. The van der Waals surface area contributed by atoms with E-state index in [4.69, 9.17) is 5.73 Å². The number of nitrogens with two attached hydrogens (primary N) is 1. The number of carbonyl (C=O) groups excluding carboxylic acids is 1. The van der Waals surface area contributed by atoms with E-state index in [0.717, 1.165) is 23.1 Å². The topological polar surface area (TPSA) is 92.9 Å². The Labute approximate surface area is 143 Å². The van der Waals surface area contributed by atoms with E-state index in [-0.39, 0.29) is 5.91 Å². The molecule has 1 aromatic carbocycles. The fourth-order valence-corrected chi connectivity index (χ4v) is 4.24. The van der Waals surface area contributed by atoms with Gasteiger partial charge in [-0.2, -0.15) is 0 Å². The molecule has 122 valence electrons. The number of amides is 1. The van der Waals surface area contributed by atoms with Gasteiger partial charge in [0.2, 0.25) is 0 Å². The van der Waals surface area contributed by atoms with E-state index in [2.05, 4.69) is 20.8 Å². The molecule has 0 radical (unpaired) electrons. The number of aryl methyl sites for hydroxylation is 2. The highest BCUT2D eigenvalue weighted by molar-refractivity contribution is 7.19. The fourth-order valence-electron chi connectivity index (χ4n) is 3.01. The van der Waals surface area contributed by atoms with Gasteiger partial charge in [0.05, 0.1) is 5.39 Å². The SMILES string of the molecule is Nc1ccc(C(=O)NNc2ncnc3sc4c(c23)CCCC4)cc1. The predicted octanol–water partition coefficient (Wildman–Crippen LogP) is 2.91. The molecule has 4 rings (SSSR count). The molecule has 0 spiro atoms. The highest BCUT2D eigenvalue weighted by Crippen LogP contribution is 2.37. The van der Waals surface area contributed by atoms with Gasteiger partial charge >= 0.3 is 0 Å². The number of hydrazine groups is 1. The summed E-state index contributed by atoms with van der Waals surface area (Å²) in [7, 11) is 0. The summed E-state index contributed by atoms with van der Waals surface area (Å²) >= 11 is 1.73. The van der Waals surface area contributed by atoms with Gasteiger partial charge in [-0.25, -0.2) is 9.97 Å². The molecule has 0 bridgehead atoms. The van der Waals surface area contributed by atoms with Gasteiger partial charge in [-0.3, -0.25) is 15.6 Å². The van der Waals surface area contributed by atoms with Crippen LogP contribution in [0.2, 0.25) is 0 Å². The molecular weight excluding hydrogens is 322 g/mol. The average Bonchev–Trinajstić information content (AvgIpc) is 2.99. The zero-order chi connectivity index (χ0) is 16.5. The third kappa shape index (κ3) is 2.67. The Morgan fingerprint density at radius 2 is 1.92 bits per heavy atom. The third-order valence-corrected chi connectivity index (χ3v) is 5.42. The number of nitrogens with zero attached hydrogens (tertiary/aromatic N) is 2. The van der Waals surface area contributed by atoms with E-state index in [1.807, 2.05) is 0 Å². The van der Waals surface area contributed by atoms with Gasteiger partial charge in [0.1, 0.15) is 11.2 Å². The number of fused-ring (bicyclic) bond motifs is 3. The minimum Gasteiger partial charge on any atom is -0.399 e. The molecule has 1 aliphatic rings. The van der Waals surface area contributed by atoms with Crippen LogP contribution in [0, 0.1) is 0 Å². The van der Waals surface area contributed by atoms with Crippen molar-refractivity contribution in [3.63, 3.8) is 0 Å². The molecule has 1 amide bonds. The Morgan fingerprint density at radius 3 is 2.75 bits per heavy atom. The van der Waals surface area contributed by atoms with Crippen molar-refractivity contribution in [2.45, 2.75) is 25.7 Å². The molecule has 6 nitrogen and oxygen atoms in total. The summed E-state index contributed by atoms with van der Waals surface area (Å²) in [6.45, 7) is 0. The van der Waals surface area contributed by atoms with Gasteiger partial charge in [-0.1, -0.05) is 0 Å². The maximum atomic E-state index is 12.2. The zero-order valence-electron chi connectivity index (χ0n) is 13.0. The largest absolute Gasteiger partial charge is 0.399 e. The Balaban J connectivity index is 1.59. The van der Waals surface area contributed by atoms with E-state index >= 15 is 0 Å². The summed E-state index contributed by atoms with van der Waals surface area (Å²) in [5.41, 5.74) is 13.8. The summed E-state index contributed by atoms with van der Waals surface area (Å²) in [6, 6.07) is 6.78. The van der Waals surface area contributed by atoms with Crippen molar-refractivity contribution in [2.75, 3.05) is 11.2 Å². The molecule has 0 saturated carbocycles. The molecule has 0 atom stereocenters. The van der Waals surface area contributed by atoms with Gasteiger partial charge in [-0.05, 0) is 55.5 Å². The summed E-state index contributed by atoms with van der Waals surface area (Å²) in [6.07, 6.45) is 6.09. The molecular formula is C17H17N5OS. The van der Waals surface area contributed by atoms with Crippen LogP contribution >= 0.6 is 11.3 Å². The number of nitrogens with one attached hydrogen (secondary N) is 2. The Hall–Kier alpha value is -2.67. The lowest BCUT2D eigenvalue weighted by Gasteiger charge is -2.13. The monoisotopic (exact) mass is 339 g/mol. The van der Waals surface area contributed by atoms with Gasteiger partial charge in [0.25, 0.3) is 5.91 Å². The first-order chi connectivity index (χ1) is 11.7. The first-order valence-corrected chi connectivity index (χ1v) is 8.71. The van der Waals surface area contributed by atoms with E-state index in [1.165, 1.54) is 29.6 Å². The number of carbonyl (C=O) groups is 1. The first kappa shape index (κ1) is 14.9. The minimum absolute atomic E-state index is 0.231. The normalized spacial score (nSPS) is 13.5. The minimum atomic E-state index is -0.231. The predicted molar refractivity (Wildman–Crippen MR) is 96.0 cm³/mol. The number of rotatable bonds is 3. The van der Waals surface area contributed by atoms with E-state index < -0.39 is 0 Å². The number of aromatic nitrogens is 2. The Morgan fingerprint density at radius 1 is 1.12 bits per heavy atom. The third-order valence-electron chi connectivity index (χ3n) is 4.22. The fraction of sp³-hybridized carbons (Fsp3) is 0.235. The quantitative estimate of drug-likeness (QED) is 0.504. The molecule has 0 fully saturated rings. The zero-order valence-corrected chi connectivity index (χ0v) is 13.8. The average molecular weight is 339 g/mol.